The first-order valence-electron chi connectivity index (χ1n) is 7.58. The number of nitrogens with one attached hydrogen (secondary N) is 1. The lowest BCUT2D eigenvalue weighted by Gasteiger charge is -2.32. The van der Waals surface area contributed by atoms with Crippen LogP contribution in [0.2, 0.25) is 0 Å². The molecule has 8 heteroatoms. The number of amides is 2. The van der Waals surface area contributed by atoms with Gasteiger partial charge in [0.1, 0.15) is 6.04 Å². The molecule has 0 unspecified atom stereocenters. The number of anilines is 1. The molecule has 124 valence electrons. The summed E-state index contributed by atoms with van der Waals surface area (Å²) in [5.74, 6) is -1.17. The van der Waals surface area contributed by atoms with Gasteiger partial charge in [0.2, 0.25) is 21.8 Å². The Bertz CT molecular complexity index is 775. The number of primary amides is 1. The third-order valence-electron chi connectivity index (χ3n) is 4.53. The van der Waals surface area contributed by atoms with E-state index in [4.69, 9.17) is 5.73 Å². The topological polar surface area (TPSA) is 110 Å². The summed E-state index contributed by atoms with van der Waals surface area (Å²) in [6.07, 6.45) is 1.92. The summed E-state index contributed by atoms with van der Waals surface area (Å²) in [7, 11) is -3.83. The second-order valence-corrected chi connectivity index (χ2v) is 7.88. The second-order valence-electron chi connectivity index (χ2n) is 5.99. The quantitative estimate of drug-likeness (QED) is 0.849. The lowest BCUT2D eigenvalue weighted by Crippen LogP contribution is -2.50. The van der Waals surface area contributed by atoms with Crippen LogP contribution in [0.1, 0.15) is 37.7 Å². The fourth-order valence-electron chi connectivity index (χ4n) is 3.17. The SMILES string of the molecule is C[C@@H]1C(=O)Nc2ccc(S(=O)(=O)N3CCCC[C@@H]3C(N)=O)cc21. The number of hydrogen-bond donors (Lipinski definition) is 2. The summed E-state index contributed by atoms with van der Waals surface area (Å²) in [4.78, 5) is 23.4. The van der Waals surface area contributed by atoms with Crippen molar-refractivity contribution in [1.82, 2.24) is 4.31 Å². The van der Waals surface area contributed by atoms with E-state index in [9.17, 15) is 18.0 Å². The zero-order valence-corrected chi connectivity index (χ0v) is 13.6. The summed E-state index contributed by atoms with van der Waals surface area (Å²) >= 11 is 0. The van der Waals surface area contributed by atoms with Crippen LogP contribution in [0.3, 0.4) is 0 Å². The molecule has 0 bridgehead atoms. The zero-order chi connectivity index (χ0) is 16.8. The molecule has 1 aromatic carbocycles. The molecular weight excluding hydrogens is 318 g/mol. The van der Waals surface area contributed by atoms with Gasteiger partial charge in [-0.25, -0.2) is 8.42 Å². The van der Waals surface area contributed by atoms with Crippen molar-refractivity contribution in [2.45, 2.75) is 43.0 Å². The number of fused-ring (bicyclic) bond motifs is 1. The van der Waals surface area contributed by atoms with Crippen LogP contribution in [-0.2, 0) is 19.6 Å². The number of nitrogens with zero attached hydrogens (tertiary/aromatic N) is 1. The van der Waals surface area contributed by atoms with Gasteiger partial charge in [-0.15, -0.1) is 0 Å². The number of sulfonamides is 1. The third kappa shape index (κ3) is 2.61. The van der Waals surface area contributed by atoms with Gasteiger partial charge < -0.3 is 11.1 Å². The normalized spacial score (nSPS) is 25.0. The Hall–Kier alpha value is -1.93. The van der Waals surface area contributed by atoms with E-state index < -0.39 is 27.9 Å². The first kappa shape index (κ1) is 15.9. The maximum absolute atomic E-state index is 12.9. The number of benzene rings is 1. The summed E-state index contributed by atoms with van der Waals surface area (Å²) in [6.45, 7) is 2.00. The van der Waals surface area contributed by atoms with Crippen molar-refractivity contribution in [3.63, 3.8) is 0 Å². The molecule has 0 aliphatic carbocycles. The Balaban J connectivity index is 2.00. The molecule has 0 spiro atoms. The fraction of sp³-hybridized carbons (Fsp3) is 0.467. The van der Waals surface area contributed by atoms with Crippen molar-refractivity contribution >= 4 is 27.5 Å². The van der Waals surface area contributed by atoms with Crippen LogP contribution in [0.5, 0.6) is 0 Å². The highest BCUT2D eigenvalue weighted by Crippen LogP contribution is 2.35. The Labute approximate surface area is 134 Å². The van der Waals surface area contributed by atoms with Crippen molar-refractivity contribution in [2.24, 2.45) is 5.73 Å². The summed E-state index contributed by atoms with van der Waals surface area (Å²) in [5.41, 5.74) is 6.65. The molecule has 3 N–H and O–H groups in total. The second kappa shape index (κ2) is 5.61. The van der Waals surface area contributed by atoms with Gasteiger partial charge in [0.05, 0.1) is 10.8 Å². The minimum atomic E-state index is -3.83. The molecule has 3 rings (SSSR count). The Morgan fingerprint density at radius 2 is 2.09 bits per heavy atom. The van der Waals surface area contributed by atoms with Crippen LogP contribution in [0.25, 0.3) is 0 Å². The summed E-state index contributed by atoms with van der Waals surface area (Å²) in [5, 5.41) is 2.71. The average Bonchev–Trinajstić information content (AvgIpc) is 2.81. The molecule has 2 atom stereocenters. The number of carbonyl (C=O) groups excluding carboxylic acids is 2. The van der Waals surface area contributed by atoms with Gasteiger partial charge >= 0.3 is 0 Å². The highest BCUT2D eigenvalue weighted by atomic mass is 32.2. The standard InChI is InChI=1S/C15H19N3O4S/c1-9-11-8-10(5-6-12(11)17-15(9)20)23(21,22)18-7-3-2-4-13(18)14(16)19/h5-6,8-9,13H,2-4,7H2,1H3,(H2,16,19)(H,17,20)/t9-,13+/m0/s1. The van der Waals surface area contributed by atoms with E-state index in [1.807, 2.05) is 0 Å². The highest BCUT2D eigenvalue weighted by molar-refractivity contribution is 7.89. The fourth-order valence-corrected chi connectivity index (χ4v) is 4.87. The van der Waals surface area contributed by atoms with E-state index in [1.165, 1.54) is 16.4 Å². The van der Waals surface area contributed by atoms with E-state index in [1.54, 1.807) is 13.0 Å². The first-order valence-corrected chi connectivity index (χ1v) is 9.02. The molecule has 1 aromatic rings. The van der Waals surface area contributed by atoms with Crippen LogP contribution < -0.4 is 11.1 Å². The van der Waals surface area contributed by atoms with Crippen LogP contribution in [-0.4, -0.2) is 37.1 Å². The maximum atomic E-state index is 12.9. The molecule has 23 heavy (non-hydrogen) atoms. The van der Waals surface area contributed by atoms with Gasteiger partial charge in [-0.2, -0.15) is 4.31 Å². The van der Waals surface area contributed by atoms with Crippen LogP contribution >= 0.6 is 0 Å². The van der Waals surface area contributed by atoms with Gasteiger partial charge in [0.25, 0.3) is 0 Å². The van der Waals surface area contributed by atoms with E-state index in [0.29, 0.717) is 24.1 Å². The Morgan fingerprint density at radius 1 is 1.35 bits per heavy atom. The van der Waals surface area contributed by atoms with Crippen molar-refractivity contribution in [3.8, 4) is 0 Å². The number of hydrogen-bond acceptors (Lipinski definition) is 4. The highest BCUT2D eigenvalue weighted by Gasteiger charge is 2.37. The lowest BCUT2D eigenvalue weighted by molar-refractivity contribution is -0.122. The molecule has 0 saturated carbocycles. The van der Waals surface area contributed by atoms with Crippen LogP contribution in [0.4, 0.5) is 5.69 Å². The van der Waals surface area contributed by atoms with Crippen molar-refractivity contribution in [1.29, 1.82) is 0 Å². The average molecular weight is 337 g/mol. The van der Waals surface area contributed by atoms with E-state index in [-0.39, 0.29) is 17.3 Å². The molecule has 2 aliphatic heterocycles. The number of rotatable bonds is 3. The van der Waals surface area contributed by atoms with Crippen LogP contribution in [0.15, 0.2) is 23.1 Å². The molecule has 1 saturated heterocycles. The molecule has 0 aromatic heterocycles. The molecule has 7 nitrogen and oxygen atoms in total. The Kier molecular flexibility index (Phi) is 3.89. The van der Waals surface area contributed by atoms with E-state index >= 15 is 0 Å². The van der Waals surface area contributed by atoms with Gasteiger partial charge in [-0.1, -0.05) is 6.42 Å². The van der Waals surface area contributed by atoms with Gasteiger partial charge in [-0.05, 0) is 43.5 Å². The molecule has 1 fully saturated rings. The maximum Gasteiger partial charge on any atom is 0.243 e. The molecular formula is C15H19N3O4S. The monoisotopic (exact) mass is 337 g/mol. The number of piperidine rings is 1. The predicted molar refractivity (Wildman–Crippen MR) is 84.2 cm³/mol. The molecule has 2 heterocycles. The predicted octanol–water partition coefficient (Wildman–Crippen LogP) is 0.771. The van der Waals surface area contributed by atoms with Gasteiger partial charge in [-0.3, -0.25) is 9.59 Å². The Morgan fingerprint density at radius 3 is 2.78 bits per heavy atom. The summed E-state index contributed by atoms with van der Waals surface area (Å²) < 4.78 is 27.0. The largest absolute Gasteiger partial charge is 0.368 e. The smallest absolute Gasteiger partial charge is 0.243 e. The van der Waals surface area contributed by atoms with E-state index in [2.05, 4.69) is 5.32 Å². The number of nitrogens with two attached hydrogens (primary N) is 1. The lowest BCUT2D eigenvalue weighted by atomic mass is 10.0. The van der Waals surface area contributed by atoms with Crippen molar-refractivity contribution < 1.29 is 18.0 Å². The zero-order valence-electron chi connectivity index (χ0n) is 12.8. The number of carbonyl (C=O) groups is 2. The van der Waals surface area contributed by atoms with E-state index in [0.717, 1.165) is 6.42 Å². The van der Waals surface area contributed by atoms with Gasteiger partial charge in [0.15, 0.2) is 0 Å². The third-order valence-corrected chi connectivity index (χ3v) is 6.43. The van der Waals surface area contributed by atoms with Gasteiger partial charge in [0, 0.05) is 12.2 Å². The van der Waals surface area contributed by atoms with Crippen LogP contribution in [0, 0.1) is 0 Å². The molecule has 2 amide bonds. The minimum Gasteiger partial charge on any atom is -0.368 e. The van der Waals surface area contributed by atoms with Crippen molar-refractivity contribution in [3.05, 3.63) is 23.8 Å². The minimum absolute atomic E-state index is 0.0905. The molecule has 2 aliphatic rings. The summed E-state index contributed by atoms with van der Waals surface area (Å²) in [6, 6.07) is 3.76. The molecule has 0 radical (unpaired) electrons. The van der Waals surface area contributed by atoms with Crippen molar-refractivity contribution in [2.75, 3.05) is 11.9 Å². The first-order chi connectivity index (χ1) is 10.8.